The monoisotopic (exact) mass is 276 g/mol. The molecule has 2 rings (SSSR count). The van der Waals surface area contributed by atoms with E-state index < -0.39 is 0 Å². The molecule has 0 bridgehead atoms. The highest BCUT2D eigenvalue weighted by atomic mass is 32.1. The van der Waals surface area contributed by atoms with Crippen molar-refractivity contribution in [2.45, 2.75) is 20.5 Å². The number of benzene rings is 1. The van der Waals surface area contributed by atoms with Crippen LogP contribution in [0.5, 0.6) is 0 Å². The first-order chi connectivity index (χ1) is 9.10. The van der Waals surface area contributed by atoms with E-state index in [-0.39, 0.29) is 5.91 Å². The molecule has 5 heteroatoms. The molecule has 1 aromatic heterocycles. The van der Waals surface area contributed by atoms with Crippen LogP contribution in [0.3, 0.4) is 0 Å². The first-order valence-corrected chi connectivity index (χ1v) is 6.75. The number of nitrogens with one attached hydrogen (secondary N) is 1. The molecule has 0 atom stereocenters. The third-order valence-corrected chi connectivity index (χ3v) is 3.72. The number of hydrogen-bond donors (Lipinski definition) is 1. The number of rotatable bonds is 4. The third kappa shape index (κ3) is 3.39. The van der Waals surface area contributed by atoms with E-state index in [2.05, 4.69) is 10.3 Å². The molecule has 0 spiro atoms. The number of anilines is 1. The first-order valence-electron chi connectivity index (χ1n) is 5.93. The molecule has 0 aliphatic heterocycles. The minimum Gasteiger partial charge on any atom is -0.378 e. The summed E-state index contributed by atoms with van der Waals surface area (Å²) >= 11 is 1.37. The van der Waals surface area contributed by atoms with Crippen LogP contribution in [-0.4, -0.2) is 18.0 Å². The Morgan fingerprint density at radius 3 is 2.89 bits per heavy atom. The van der Waals surface area contributed by atoms with Crippen LogP contribution in [0.15, 0.2) is 24.3 Å². The summed E-state index contributed by atoms with van der Waals surface area (Å²) in [5, 5.41) is 3.70. The van der Waals surface area contributed by atoms with Crippen molar-refractivity contribution in [2.75, 3.05) is 12.4 Å². The quantitative estimate of drug-likeness (QED) is 0.933. The van der Waals surface area contributed by atoms with Crippen molar-refractivity contribution in [3.8, 4) is 0 Å². The first kappa shape index (κ1) is 13.7. The fourth-order valence-electron chi connectivity index (χ4n) is 1.76. The van der Waals surface area contributed by atoms with Crippen molar-refractivity contribution in [3.63, 3.8) is 0 Å². The number of nitrogens with zero attached hydrogens (tertiary/aromatic N) is 1. The van der Waals surface area contributed by atoms with Crippen molar-refractivity contribution in [1.29, 1.82) is 0 Å². The molecule has 0 unspecified atom stereocenters. The van der Waals surface area contributed by atoms with E-state index >= 15 is 0 Å². The summed E-state index contributed by atoms with van der Waals surface area (Å²) in [5.74, 6) is -0.122. The predicted molar refractivity (Wildman–Crippen MR) is 76.7 cm³/mol. The minimum absolute atomic E-state index is 0.122. The number of thiazole rings is 1. The van der Waals surface area contributed by atoms with Gasteiger partial charge >= 0.3 is 0 Å². The summed E-state index contributed by atoms with van der Waals surface area (Å²) in [4.78, 5) is 17.1. The molecule has 0 aliphatic rings. The lowest BCUT2D eigenvalue weighted by atomic mass is 10.2. The maximum atomic E-state index is 12.2. The zero-order chi connectivity index (χ0) is 13.8. The van der Waals surface area contributed by atoms with Crippen LogP contribution in [0.25, 0.3) is 0 Å². The lowest BCUT2D eigenvalue weighted by molar-refractivity contribution is 0.103. The fraction of sp³-hybridized carbons (Fsp3) is 0.286. The number of amides is 1. The van der Waals surface area contributed by atoms with Crippen molar-refractivity contribution < 1.29 is 9.53 Å². The van der Waals surface area contributed by atoms with E-state index in [0.29, 0.717) is 11.5 Å². The average Bonchev–Trinajstić information content (AvgIpc) is 2.71. The SMILES string of the molecule is COCc1nc(C)c(C(=O)Nc2cccc(C)c2)s1. The number of aromatic nitrogens is 1. The van der Waals surface area contributed by atoms with Crippen LogP contribution in [0, 0.1) is 13.8 Å². The Morgan fingerprint density at radius 1 is 1.42 bits per heavy atom. The van der Waals surface area contributed by atoms with Crippen LogP contribution >= 0.6 is 11.3 Å². The fourth-order valence-corrected chi connectivity index (χ4v) is 2.69. The maximum absolute atomic E-state index is 12.2. The Morgan fingerprint density at radius 2 is 2.21 bits per heavy atom. The largest absolute Gasteiger partial charge is 0.378 e. The summed E-state index contributed by atoms with van der Waals surface area (Å²) < 4.78 is 5.03. The van der Waals surface area contributed by atoms with Gasteiger partial charge in [0.05, 0.1) is 12.3 Å². The molecule has 2 aromatic rings. The Labute approximate surface area is 116 Å². The van der Waals surface area contributed by atoms with Gasteiger partial charge in [0.15, 0.2) is 0 Å². The van der Waals surface area contributed by atoms with Crippen LogP contribution < -0.4 is 5.32 Å². The summed E-state index contributed by atoms with van der Waals surface area (Å²) in [5.41, 5.74) is 2.65. The Bertz CT molecular complexity index is 593. The molecule has 100 valence electrons. The topological polar surface area (TPSA) is 51.2 Å². The van der Waals surface area contributed by atoms with Crippen LogP contribution in [-0.2, 0) is 11.3 Å². The van der Waals surface area contributed by atoms with Crippen LogP contribution in [0.2, 0.25) is 0 Å². The lowest BCUT2D eigenvalue weighted by Crippen LogP contribution is -2.11. The highest BCUT2D eigenvalue weighted by Crippen LogP contribution is 2.20. The van der Waals surface area contributed by atoms with Crippen LogP contribution in [0.4, 0.5) is 5.69 Å². The highest BCUT2D eigenvalue weighted by Gasteiger charge is 2.15. The van der Waals surface area contributed by atoms with E-state index in [0.717, 1.165) is 22.0 Å². The second-order valence-corrected chi connectivity index (χ2v) is 5.36. The zero-order valence-corrected chi connectivity index (χ0v) is 12.0. The smallest absolute Gasteiger partial charge is 0.267 e. The highest BCUT2D eigenvalue weighted by molar-refractivity contribution is 7.13. The zero-order valence-electron chi connectivity index (χ0n) is 11.2. The molecule has 0 saturated carbocycles. The van der Waals surface area contributed by atoms with Crippen molar-refractivity contribution in [3.05, 3.63) is 45.4 Å². The predicted octanol–water partition coefficient (Wildman–Crippen LogP) is 3.16. The normalized spacial score (nSPS) is 10.5. The molecule has 4 nitrogen and oxygen atoms in total. The van der Waals surface area contributed by atoms with E-state index in [1.54, 1.807) is 7.11 Å². The number of carbonyl (C=O) groups excluding carboxylic acids is 1. The molecule has 1 amide bonds. The van der Waals surface area contributed by atoms with Gasteiger partial charge in [-0.05, 0) is 31.5 Å². The second-order valence-electron chi connectivity index (χ2n) is 4.28. The van der Waals surface area contributed by atoms with E-state index in [1.807, 2.05) is 38.1 Å². The van der Waals surface area contributed by atoms with Gasteiger partial charge in [0.1, 0.15) is 9.88 Å². The summed E-state index contributed by atoms with van der Waals surface area (Å²) in [7, 11) is 1.61. The van der Waals surface area contributed by atoms with Crippen molar-refractivity contribution >= 4 is 22.9 Å². The Hall–Kier alpha value is -1.72. The Kier molecular flexibility index (Phi) is 4.29. The third-order valence-electron chi connectivity index (χ3n) is 2.59. The van der Waals surface area contributed by atoms with Gasteiger partial charge in [-0.3, -0.25) is 4.79 Å². The van der Waals surface area contributed by atoms with Gasteiger partial charge in [-0.1, -0.05) is 12.1 Å². The summed E-state index contributed by atoms with van der Waals surface area (Å²) in [6, 6.07) is 7.72. The standard InChI is InChI=1S/C14H16N2O2S/c1-9-5-4-6-11(7-9)16-14(17)13-10(2)15-12(19-13)8-18-3/h4-7H,8H2,1-3H3,(H,16,17). The summed E-state index contributed by atoms with van der Waals surface area (Å²) in [6.45, 7) is 4.26. The lowest BCUT2D eigenvalue weighted by Gasteiger charge is -2.04. The molecule has 0 aliphatic carbocycles. The second kappa shape index (κ2) is 5.95. The van der Waals surface area contributed by atoms with Gasteiger partial charge in [0.2, 0.25) is 0 Å². The average molecular weight is 276 g/mol. The van der Waals surface area contributed by atoms with Gasteiger partial charge in [-0.2, -0.15) is 0 Å². The maximum Gasteiger partial charge on any atom is 0.267 e. The van der Waals surface area contributed by atoms with Gasteiger partial charge in [-0.25, -0.2) is 4.98 Å². The molecule has 1 aromatic carbocycles. The molecule has 0 radical (unpaired) electrons. The number of hydrogen-bond acceptors (Lipinski definition) is 4. The number of aryl methyl sites for hydroxylation is 2. The molecule has 0 saturated heterocycles. The number of methoxy groups -OCH3 is 1. The van der Waals surface area contributed by atoms with Gasteiger partial charge in [0, 0.05) is 12.8 Å². The van der Waals surface area contributed by atoms with Crippen molar-refractivity contribution in [2.24, 2.45) is 0 Å². The Balaban J connectivity index is 2.15. The van der Waals surface area contributed by atoms with E-state index in [4.69, 9.17) is 4.74 Å². The van der Waals surface area contributed by atoms with Gasteiger partial charge in [-0.15, -0.1) is 11.3 Å². The number of ether oxygens (including phenoxy) is 1. The van der Waals surface area contributed by atoms with Crippen molar-refractivity contribution in [1.82, 2.24) is 4.98 Å². The molecule has 19 heavy (non-hydrogen) atoms. The van der Waals surface area contributed by atoms with Gasteiger partial charge in [0.25, 0.3) is 5.91 Å². The summed E-state index contributed by atoms with van der Waals surface area (Å²) in [6.07, 6.45) is 0. The minimum atomic E-state index is -0.122. The van der Waals surface area contributed by atoms with Crippen LogP contribution in [0.1, 0.15) is 25.9 Å². The molecular formula is C14H16N2O2S. The molecule has 0 fully saturated rings. The van der Waals surface area contributed by atoms with E-state index in [1.165, 1.54) is 11.3 Å². The molecule has 1 N–H and O–H groups in total. The van der Waals surface area contributed by atoms with E-state index in [9.17, 15) is 4.79 Å². The van der Waals surface area contributed by atoms with Gasteiger partial charge < -0.3 is 10.1 Å². The molecular weight excluding hydrogens is 260 g/mol. The number of carbonyl (C=O) groups is 1. The molecule has 1 heterocycles.